The molecule has 180 valence electrons. The van der Waals surface area contributed by atoms with Crippen molar-refractivity contribution in [3.05, 3.63) is 119 Å². The van der Waals surface area contributed by atoms with Crippen molar-refractivity contribution >= 4 is 5.91 Å². The minimum absolute atomic E-state index is 0.215. The molecule has 6 heteroatoms. The third-order valence-corrected chi connectivity index (χ3v) is 5.55. The van der Waals surface area contributed by atoms with Crippen molar-refractivity contribution < 1.29 is 13.9 Å². The number of carbonyl (C=O) groups is 1. The summed E-state index contributed by atoms with van der Waals surface area (Å²) >= 11 is 0. The van der Waals surface area contributed by atoms with Crippen LogP contribution >= 0.6 is 0 Å². The number of amides is 1. The molecule has 0 saturated heterocycles. The number of benzene rings is 2. The Balaban J connectivity index is 1.38. The number of rotatable bonds is 12. The summed E-state index contributed by atoms with van der Waals surface area (Å²) in [5, 5.41) is 2.91. The fourth-order valence-corrected chi connectivity index (χ4v) is 3.87. The van der Waals surface area contributed by atoms with Crippen LogP contribution in [0.5, 0.6) is 5.75 Å². The van der Waals surface area contributed by atoms with Crippen molar-refractivity contribution in [2.24, 2.45) is 0 Å². The average Bonchev–Trinajstić information content (AvgIpc) is 3.35. The molecule has 0 saturated carbocycles. The normalized spacial score (nSPS) is 10.9. The zero-order chi connectivity index (χ0) is 24.3. The van der Waals surface area contributed by atoms with Crippen LogP contribution in [0.3, 0.4) is 0 Å². The second-order valence-electron chi connectivity index (χ2n) is 8.30. The number of hydrogen-bond acceptors (Lipinski definition) is 5. The topological polar surface area (TPSA) is 67.6 Å². The van der Waals surface area contributed by atoms with Gasteiger partial charge in [0.1, 0.15) is 11.5 Å². The van der Waals surface area contributed by atoms with E-state index in [2.05, 4.69) is 39.5 Å². The predicted molar refractivity (Wildman–Crippen MR) is 136 cm³/mol. The van der Waals surface area contributed by atoms with Gasteiger partial charge in [0.2, 0.25) is 0 Å². The standard InChI is InChI=1S/C29H31N3O3/c1-2-34-26-13-11-24(12-14-26)21-32(20-23-8-4-3-5-9-23)22-27-15-16-28(35-27)29(33)31-19-17-25-10-6-7-18-30-25/h3-16,18H,2,17,19-22H2,1H3,(H,31,33). The highest BCUT2D eigenvalue weighted by Crippen LogP contribution is 2.18. The zero-order valence-corrected chi connectivity index (χ0v) is 20.0. The van der Waals surface area contributed by atoms with Gasteiger partial charge >= 0.3 is 0 Å². The molecule has 4 aromatic rings. The van der Waals surface area contributed by atoms with Gasteiger partial charge < -0.3 is 14.5 Å². The van der Waals surface area contributed by atoms with Crippen LogP contribution in [0.4, 0.5) is 0 Å². The average molecular weight is 470 g/mol. The molecule has 0 radical (unpaired) electrons. The molecule has 0 fully saturated rings. The van der Waals surface area contributed by atoms with Crippen molar-refractivity contribution in [1.29, 1.82) is 0 Å². The van der Waals surface area contributed by atoms with Gasteiger partial charge in [-0.15, -0.1) is 0 Å². The van der Waals surface area contributed by atoms with E-state index in [1.165, 1.54) is 11.1 Å². The van der Waals surface area contributed by atoms with Gasteiger partial charge in [0, 0.05) is 37.9 Å². The summed E-state index contributed by atoms with van der Waals surface area (Å²) in [6, 6.07) is 27.9. The van der Waals surface area contributed by atoms with Gasteiger partial charge in [-0.2, -0.15) is 0 Å². The number of furan rings is 1. The molecular weight excluding hydrogens is 438 g/mol. The van der Waals surface area contributed by atoms with Crippen LogP contribution in [-0.4, -0.2) is 28.9 Å². The molecule has 0 aliphatic rings. The third-order valence-electron chi connectivity index (χ3n) is 5.55. The highest BCUT2D eigenvalue weighted by atomic mass is 16.5. The van der Waals surface area contributed by atoms with Gasteiger partial charge in [0.05, 0.1) is 13.2 Å². The molecule has 2 heterocycles. The minimum Gasteiger partial charge on any atom is -0.494 e. The van der Waals surface area contributed by atoms with E-state index in [-0.39, 0.29) is 5.91 Å². The fourth-order valence-electron chi connectivity index (χ4n) is 3.87. The number of pyridine rings is 1. The molecule has 35 heavy (non-hydrogen) atoms. The Kier molecular flexibility index (Phi) is 8.68. The number of ether oxygens (including phenoxy) is 1. The molecule has 2 aromatic heterocycles. The quantitative estimate of drug-likeness (QED) is 0.307. The van der Waals surface area contributed by atoms with Crippen molar-refractivity contribution in [3.63, 3.8) is 0 Å². The highest BCUT2D eigenvalue weighted by Gasteiger charge is 2.15. The van der Waals surface area contributed by atoms with E-state index < -0.39 is 0 Å². The maximum atomic E-state index is 12.6. The molecule has 1 amide bonds. The second kappa shape index (κ2) is 12.5. The van der Waals surface area contributed by atoms with E-state index in [4.69, 9.17) is 9.15 Å². The summed E-state index contributed by atoms with van der Waals surface area (Å²) in [6.45, 7) is 5.23. The SMILES string of the molecule is CCOc1ccc(CN(Cc2ccccc2)Cc2ccc(C(=O)NCCc3ccccn3)o2)cc1. The van der Waals surface area contributed by atoms with Crippen LogP contribution in [0, 0.1) is 0 Å². The first kappa shape index (κ1) is 24.2. The maximum absolute atomic E-state index is 12.6. The van der Waals surface area contributed by atoms with Gasteiger partial charge in [-0.1, -0.05) is 48.5 Å². The molecule has 0 spiro atoms. The van der Waals surface area contributed by atoms with E-state index >= 15 is 0 Å². The lowest BCUT2D eigenvalue weighted by Gasteiger charge is -2.22. The Morgan fingerprint density at radius 2 is 1.63 bits per heavy atom. The lowest BCUT2D eigenvalue weighted by Crippen LogP contribution is -2.25. The molecule has 0 atom stereocenters. The summed E-state index contributed by atoms with van der Waals surface area (Å²) in [7, 11) is 0. The fraction of sp³-hybridized carbons (Fsp3) is 0.241. The first-order chi connectivity index (χ1) is 17.2. The summed E-state index contributed by atoms with van der Waals surface area (Å²) < 4.78 is 11.5. The molecular formula is C29H31N3O3. The first-order valence-corrected chi connectivity index (χ1v) is 11.9. The smallest absolute Gasteiger partial charge is 0.287 e. The first-order valence-electron chi connectivity index (χ1n) is 11.9. The molecule has 0 bridgehead atoms. The highest BCUT2D eigenvalue weighted by molar-refractivity contribution is 5.91. The Hall–Kier alpha value is -3.90. The van der Waals surface area contributed by atoms with Gasteiger partial charge in [-0.05, 0) is 54.4 Å². The van der Waals surface area contributed by atoms with Gasteiger partial charge in [0.25, 0.3) is 5.91 Å². The van der Waals surface area contributed by atoms with Crippen molar-refractivity contribution in [1.82, 2.24) is 15.2 Å². The van der Waals surface area contributed by atoms with Gasteiger partial charge in [0.15, 0.2) is 5.76 Å². The van der Waals surface area contributed by atoms with Crippen LogP contribution in [0.15, 0.2) is 95.5 Å². The number of nitrogens with zero attached hydrogens (tertiary/aromatic N) is 2. The van der Waals surface area contributed by atoms with E-state index in [0.717, 1.165) is 30.3 Å². The number of carbonyl (C=O) groups excluding carboxylic acids is 1. The molecule has 2 aromatic carbocycles. The van der Waals surface area contributed by atoms with Crippen molar-refractivity contribution in [2.75, 3.05) is 13.2 Å². The van der Waals surface area contributed by atoms with E-state index in [1.54, 1.807) is 12.3 Å². The lowest BCUT2D eigenvalue weighted by molar-refractivity contribution is 0.0922. The Labute approximate surface area is 206 Å². The summed E-state index contributed by atoms with van der Waals surface area (Å²) in [5.41, 5.74) is 3.35. The molecule has 0 unspecified atom stereocenters. The molecule has 6 nitrogen and oxygen atoms in total. The monoisotopic (exact) mass is 469 g/mol. The summed E-state index contributed by atoms with van der Waals surface area (Å²) in [5.74, 6) is 1.73. The zero-order valence-electron chi connectivity index (χ0n) is 20.0. The molecule has 0 aliphatic heterocycles. The number of nitrogens with one attached hydrogen (secondary N) is 1. The van der Waals surface area contributed by atoms with Crippen LogP contribution in [-0.2, 0) is 26.1 Å². The summed E-state index contributed by atoms with van der Waals surface area (Å²) in [6.07, 6.45) is 2.43. The van der Waals surface area contributed by atoms with Crippen molar-refractivity contribution in [2.45, 2.75) is 33.0 Å². The van der Waals surface area contributed by atoms with Gasteiger partial charge in [-0.3, -0.25) is 14.7 Å². The summed E-state index contributed by atoms with van der Waals surface area (Å²) in [4.78, 5) is 19.1. The number of aromatic nitrogens is 1. The van der Waals surface area contributed by atoms with Crippen LogP contribution in [0.1, 0.15) is 40.1 Å². The second-order valence-corrected chi connectivity index (χ2v) is 8.30. The largest absolute Gasteiger partial charge is 0.494 e. The van der Waals surface area contributed by atoms with Crippen molar-refractivity contribution in [3.8, 4) is 5.75 Å². The van der Waals surface area contributed by atoms with Crippen LogP contribution in [0.2, 0.25) is 0 Å². The Bertz CT molecular complexity index is 1170. The van der Waals surface area contributed by atoms with Gasteiger partial charge in [-0.25, -0.2) is 0 Å². The van der Waals surface area contributed by atoms with E-state index in [1.807, 2.05) is 61.5 Å². The molecule has 0 aliphatic carbocycles. The minimum atomic E-state index is -0.215. The van der Waals surface area contributed by atoms with E-state index in [0.29, 0.717) is 31.9 Å². The Morgan fingerprint density at radius 3 is 2.34 bits per heavy atom. The lowest BCUT2D eigenvalue weighted by atomic mass is 10.1. The maximum Gasteiger partial charge on any atom is 0.287 e. The molecule has 1 N–H and O–H groups in total. The third kappa shape index (κ3) is 7.55. The molecule has 4 rings (SSSR count). The van der Waals surface area contributed by atoms with E-state index in [9.17, 15) is 4.79 Å². The van der Waals surface area contributed by atoms with Crippen LogP contribution < -0.4 is 10.1 Å². The van der Waals surface area contributed by atoms with Crippen LogP contribution in [0.25, 0.3) is 0 Å². The Morgan fingerprint density at radius 1 is 0.886 bits per heavy atom. The number of hydrogen-bond donors (Lipinski definition) is 1. The predicted octanol–water partition coefficient (Wildman–Crippen LogP) is 5.25.